The average Bonchev–Trinajstić information content (AvgIpc) is 2.51. The first kappa shape index (κ1) is 19.4. The van der Waals surface area contributed by atoms with Crippen molar-refractivity contribution in [1.82, 2.24) is 13.5 Å². The van der Waals surface area contributed by atoms with Gasteiger partial charge in [0.1, 0.15) is 0 Å². The Kier molecular flexibility index (Phi) is 6.80. The van der Waals surface area contributed by atoms with Crippen LogP contribution in [0.3, 0.4) is 0 Å². The lowest BCUT2D eigenvalue weighted by atomic mass is 9.94. The molecule has 1 aliphatic heterocycles. The standard InChI is InChI=1S/C18H31N3O2S/c1-16-12-17(2)14-21(13-16)24(22,23)20(11-10-19(3)4)15-18-8-6-5-7-9-18/h5-9,16-17H,10-15H2,1-4H3. The van der Waals surface area contributed by atoms with Crippen LogP contribution in [0.1, 0.15) is 25.8 Å². The first-order valence-electron chi connectivity index (χ1n) is 8.73. The fourth-order valence-electron chi connectivity index (χ4n) is 3.33. The zero-order chi connectivity index (χ0) is 17.7. The predicted octanol–water partition coefficient (Wildman–Crippen LogP) is 2.27. The molecule has 2 rings (SSSR count). The molecule has 0 saturated carbocycles. The topological polar surface area (TPSA) is 43.9 Å². The molecule has 136 valence electrons. The van der Waals surface area contributed by atoms with Gasteiger partial charge in [-0.05, 0) is 37.9 Å². The Morgan fingerprint density at radius 2 is 1.62 bits per heavy atom. The van der Waals surface area contributed by atoms with Crippen molar-refractivity contribution in [2.75, 3.05) is 40.3 Å². The summed E-state index contributed by atoms with van der Waals surface area (Å²) in [6.07, 6.45) is 1.10. The van der Waals surface area contributed by atoms with Crippen molar-refractivity contribution in [2.45, 2.75) is 26.8 Å². The molecule has 0 aliphatic carbocycles. The van der Waals surface area contributed by atoms with Gasteiger partial charge in [-0.15, -0.1) is 0 Å². The molecule has 24 heavy (non-hydrogen) atoms. The van der Waals surface area contributed by atoms with Gasteiger partial charge >= 0.3 is 0 Å². The van der Waals surface area contributed by atoms with Crippen LogP contribution in [0.5, 0.6) is 0 Å². The monoisotopic (exact) mass is 353 g/mol. The maximum absolute atomic E-state index is 13.2. The molecule has 1 aliphatic rings. The van der Waals surface area contributed by atoms with Gasteiger partial charge in [0.2, 0.25) is 0 Å². The predicted molar refractivity (Wildman–Crippen MR) is 98.8 cm³/mol. The summed E-state index contributed by atoms with van der Waals surface area (Å²) in [5.74, 6) is 0.826. The van der Waals surface area contributed by atoms with E-state index in [1.54, 1.807) is 8.61 Å². The van der Waals surface area contributed by atoms with Crippen LogP contribution in [-0.2, 0) is 16.8 Å². The Bertz CT molecular complexity index is 594. The van der Waals surface area contributed by atoms with E-state index in [0.29, 0.717) is 44.6 Å². The highest BCUT2D eigenvalue weighted by molar-refractivity contribution is 7.86. The molecule has 5 nitrogen and oxygen atoms in total. The number of hydrogen-bond acceptors (Lipinski definition) is 3. The second-order valence-electron chi connectivity index (χ2n) is 7.39. The molecule has 1 fully saturated rings. The summed E-state index contributed by atoms with van der Waals surface area (Å²) in [6.45, 7) is 7.17. The van der Waals surface area contributed by atoms with Crippen LogP contribution >= 0.6 is 0 Å². The van der Waals surface area contributed by atoms with Crippen molar-refractivity contribution in [1.29, 1.82) is 0 Å². The van der Waals surface area contributed by atoms with Gasteiger partial charge < -0.3 is 4.90 Å². The second kappa shape index (κ2) is 8.43. The van der Waals surface area contributed by atoms with Gasteiger partial charge in [-0.3, -0.25) is 0 Å². The number of piperidine rings is 1. The highest BCUT2D eigenvalue weighted by atomic mass is 32.2. The van der Waals surface area contributed by atoms with E-state index < -0.39 is 10.2 Å². The Labute approximate surface area is 147 Å². The quantitative estimate of drug-likeness (QED) is 0.755. The molecule has 1 saturated heterocycles. The highest BCUT2D eigenvalue weighted by Crippen LogP contribution is 2.25. The summed E-state index contributed by atoms with van der Waals surface area (Å²) in [4.78, 5) is 2.02. The molecule has 1 aromatic carbocycles. The fourth-order valence-corrected chi connectivity index (χ4v) is 5.17. The van der Waals surface area contributed by atoms with E-state index >= 15 is 0 Å². The zero-order valence-electron chi connectivity index (χ0n) is 15.4. The molecule has 1 heterocycles. The Morgan fingerprint density at radius 3 is 2.17 bits per heavy atom. The van der Waals surface area contributed by atoms with Crippen molar-refractivity contribution in [2.24, 2.45) is 11.8 Å². The molecule has 2 unspecified atom stereocenters. The van der Waals surface area contributed by atoms with Crippen LogP contribution in [0.25, 0.3) is 0 Å². The molecule has 0 amide bonds. The summed E-state index contributed by atoms with van der Waals surface area (Å²) in [5, 5.41) is 0. The van der Waals surface area contributed by atoms with E-state index in [-0.39, 0.29) is 0 Å². The molecule has 0 radical (unpaired) electrons. The van der Waals surface area contributed by atoms with Gasteiger partial charge in [0.25, 0.3) is 10.2 Å². The third-order valence-corrected chi connectivity index (χ3v) is 6.40. The van der Waals surface area contributed by atoms with Crippen molar-refractivity contribution in [3.05, 3.63) is 35.9 Å². The largest absolute Gasteiger partial charge is 0.308 e. The van der Waals surface area contributed by atoms with E-state index in [0.717, 1.165) is 12.0 Å². The third kappa shape index (κ3) is 5.28. The number of benzene rings is 1. The van der Waals surface area contributed by atoms with Gasteiger partial charge in [-0.1, -0.05) is 44.2 Å². The molecule has 0 aromatic heterocycles. The summed E-state index contributed by atoms with van der Waals surface area (Å²) in [5.41, 5.74) is 1.03. The number of nitrogens with zero attached hydrogens (tertiary/aromatic N) is 3. The van der Waals surface area contributed by atoms with E-state index in [2.05, 4.69) is 13.8 Å². The van der Waals surface area contributed by atoms with Gasteiger partial charge in [0.05, 0.1) is 0 Å². The molecule has 2 atom stereocenters. The molecular weight excluding hydrogens is 322 g/mol. The van der Waals surface area contributed by atoms with E-state index in [1.165, 1.54) is 0 Å². The maximum Gasteiger partial charge on any atom is 0.282 e. The van der Waals surface area contributed by atoms with Crippen LogP contribution in [0.15, 0.2) is 30.3 Å². The van der Waals surface area contributed by atoms with Crippen LogP contribution < -0.4 is 0 Å². The smallest absolute Gasteiger partial charge is 0.282 e. The highest BCUT2D eigenvalue weighted by Gasteiger charge is 2.34. The van der Waals surface area contributed by atoms with Crippen LogP contribution in [0.2, 0.25) is 0 Å². The summed E-state index contributed by atoms with van der Waals surface area (Å²) >= 11 is 0. The number of likely N-dealkylation sites (N-methyl/N-ethyl adjacent to an activating group) is 1. The number of rotatable bonds is 7. The first-order valence-corrected chi connectivity index (χ1v) is 10.1. The summed E-state index contributed by atoms with van der Waals surface area (Å²) < 4.78 is 29.8. The normalized spacial score (nSPS) is 23.1. The van der Waals surface area contributed by atoms with Crippen LogP contribution in [0.4, 0.5) is 0 Å². The van der Waals surface area contributed by atoms with Gasteiger partial charge in [0.15, 0.2) is 0 Å². The Morgan fingerprint density at radius 1 is 1.04 bits per heavy atom. The zero-order valence-corrected chi connectivity index (χ0v) is 16.2. The second-order valence-corrected chi connectivity index (χ2v) is 9.32. The Balaban J connectivity index is 2.20. The van der Waals surface area contributed by atoms with Gasteiger partial charge in [0, 0.05) is 32.7 Å². The van der Waals surface area contributed by atoms with Crippen molar-refractivity contribution in [3.63, 3.8) is 0 Å². The lowest BCUT2D eigenvalue weighted by molar-refractivity contribution is 0.205. The summed E-state index contributed by atoms with van der Waals surface area (Å²) in [7, 11) is 0.497. The van der Waals surface area contributed by atoms with Crippen molar-refractivity contribution < 1.29 is 8.42 Å². The van der Waals surface area contributed by atoms with E-state index in [1.807, 2.05) is 49.3 Å². The van der Waals surface area contributed by atoms with Crippen LogP contribution in [-0.4, -0.2) is 62.2 Å². The molecule has 6 heteroatoms. The lowest BCUT2D eigenvalue weighted by Crippen LogP contribution is -2.50. The van der Waals surface area contributed by atoms with Gasteiger partial charge in [-0.2, -0.15) is 17.0 Å². The molecule has 1 aromatic rings. The van der Waals surface area contributed by atoms with Gasteiger partial charge in [-0.25, -0.2) is 0 Å². The van der Waals surface area contributed by atoms with E-state index in [4.69, 9.17) is 0 Å². The lowest BCUT2D eigenvalue weighted by Gasteiger charge is -2.37. The maximum atomic E-state index is 13.2. The molecular formula is C18H31N3O2S. The van der Waals surface area contributed by atoms with Crippen LogP contribution in [0, 0.1) is 11.8 Å². The van der Waals surface area contributed by atoms with Crippen molar-refractivity contribution in [3.8, 4) is 0 Å². The third-order valence-electron chi connectivity index (χ3n) is 4.49. The summed E-state index contributed by atoms with van der Waals surface area (Å²) in [6, 6.07) is 9.84. The Hall–Kier alpha value is -0.950. The first-order chi connectivity index (χ1) is 11.3. The average molecular weight is 354 g/mol. The minimum atomic E-state index is -3.44. The molecule has 0 N–H and O–H groups in total. The fraction of sp³-hybridized carbons (Fsp3) is 0.667. The minimum absolute atomic E-state index is 0.413. The van der Waals surface area contributed by atoms with Crippen molar-refractivity contribution >= 4 is 10.2 Å². The molecule has 0 bridgehead atoms. The number of hydrogen-bond donors (Lipinski definition) is 0. The SMILES string of the molecule is CC1CC(C)CN(S(=O)(=O)N(CCN(C)C)Cc2ccccc2)C1. The molecule has 0 spiro atoms. The minimum Gasteiger partial charge on any atom is -0.308 e. The van der Waals surface area contributed by atoms with E-state index in [9.17, 15) is 8.42 Å².